The minimum Gasteiger partial charge on any atom is -0.504 e. The Kier molecular flexibility index (Phi) is 5.01. The summed E-state index contributed by atoms with van der Waals surface area (Å²) in [6.45, 7) is 0.895. The number of phenols is 1. The number of aliphatic carboxylic acids is 2. The van der Waals surface area contributed by atoms with E-state index in [0.29, 0.717) is 23.5 Å². The molecule has 0 amide bonds. The first-order valence-corrected chi connectivity index (χ1v) is 11.3. The third-order valence-electron chi connectivity index (χ3n) is 8.26. The van der Waals surface area contributed by atoms with E-state index >= 15 is 0 Å². The van der Waals surface area contributed by atoms with E-state index in [1.165, 1.54) is 0 Å². The van der Waals surface area contributed by atoms with Crippen molar-refractivity contribution in [3.05, 3.63) is 17.2 Å². The molecule has 4 aliphatic rings. The number of hydrogen-bond acceptors (Lipinski definition) is 7. The van der Waals surface area contributed by atoms with Gasteiger partial charge in [-0.3, -0.25) is 14.9 Å². The molecule has 2 bridgehead atoms. The zero-order valence-electron chi connectivity index (χ0n) is 18.3. The molecule has 1 aromatic carbocycles. The van der Waals surface area contributed by atoms with Gasteiger partial charge in [0.15, 0.2) is 11.5 Å². The lowest BCUT2D eigenvalue weighted by Gasteiger charge is -2.59. The van der Waals surface area contributed by atoms with E-state index in [-0.39, 0.29) is 36.2 Å². The Hall–Kier alpha value is -2.52. The maximum atomic E-state index is 11.9. The lowest BCUT2D eigenvalue weighted by Crippen LogP contribution is -2.68. The number of hydrogen-bond donors (Lipinski definition) is 4. The third kappa shape index (κ3) is 2.90. The predicted octanol–water partition coefficient (Wildman–Crippen LogP) is 1.35. The van der Waals surface area contributed by atoms with Gasteiger partial charge in [-0.25, -0.2) is 0 Å². The summed E-state index contributed by atoms with van der Waals surface area (Å²) in [5, 5.41) is 32.7. The maximum absolute atomic E-state index is 11.9. The van der Waals surface area contributed by atoms with Crippen LogP contribution in [0.25, 0.3) is 0 Å². The number of nitrogens with zero attached hydrogens (tertiary/aromatic N) is 1. The van der Waals surface area contributed by atoms with Gasteiger partial charge in [0.25, 0.3) is 0 Å². The van der Waals surface area contributed by atoms with Gasteiger partial charge in [-0.1, -0.05) is 0 Å². The molecule has 4 N–H and O–H groups in total. The molecular formula is C23H30N2O7. The van der Waals surface area contributed by atoms with Crippen LogP contribution in [0.15, 0.2) is 6.07 Å². The molecule has 1 aromatic rings. The largest absolute Gasteiger partial charge is 0.504 e. The number of likely N-dealkylation sites (tertiary alicyclic amines) is 1. The van der Waals surface area contributed by atoms with Crippen LogP contribution in [0.1, 0.15) is 43.2 Å². The fourth-order valence-corrected chi connectivity index (χ4v) is 6.95. The highest BCUT2D eigenvalue weighted by Gasteiger charge is 2.66. The van der Waals surface area contributed by atoms with E-state index in [4.69, 9.17) is 14.6 Å². The molecule has 1 saturated carbocycles. The molecule has 0 aromatic heterocycles. The normalized spacial score (nSPS) is 33.2. The average Bonchev–Trinajstić information content (AvgIpc) is 3.10. The van der Waals surface area contributed by atoms with Gasteiger partial charge in [0.1, 0.15) is 17.9 Å². The number of methoxy groups -OCH3 is 1. The fraction of sp³-hybridized carbons (Fsp3) is 0.652. The molecule has 9 heteroatoms. The monoisotopic (exact) mass is 446 g/mol. The Bertz CT molecular complexity index is 966. The molecule has 32 heavy (non-hydrogen) atoms. The van der Waals surface area contributed by atoms with Crippen molar-refractivity contribution in [2.45, 2.75) is 68.2 Å². The van der Waals surface area contributed by atoms with Crippen molar-refractivity contribution < 1.29 is 34.4 Å². The Morgan fingerprint density at radius 3 is 2.84 bits per heavy atom. The summed E-state index contributed by atoms with van der Waals surface area (Å²) in [4.78, 5) is 25.3. The van der Waals surface area contributed by atoms with E-state index in [9.17, 15) is 19.8 Å². The number of nitrogens with one attached hydrogen (secondary N) is 1. The molecule has 1 saturated heterocycles. The van der Waals surface area contributed by atoms with Crippen molar-refractivity contribution in [2.24, 2.45) is 5.92 Å². The zero-order chi connectivity index (χ0) is 22.8. The van der Waals surface area contributed by atoms with Crippen LogP contribution in [0.5, 0.6) is 17.2 Å². The second-order valence-corrected chi connectivity index (χ2v) is 9.64. The maximum Gasteiger partial charge on any atom is 0.320 e. The third-order valence-corrected chi connectivity index (χ3v) is 8.26. The Morgan fingerprint density at radius 1 is 1.38 bits per heavy atom. The van der Waals surface area contributed by atoms with E-state index in [0.717, 1.165) is 43.4 Å². The second-order valence-electron chi connectivity index (χ2n) is 9.64. The smallest absolute Gasteiger partial charge is 0.320 e. The number of carboxylic acids is 2. The number of ether oxygens (including phenoxy) is 2. The number of aromatic hydroxyl groups is 1. The number of piperidine rings is 1. The predicted molar refractivity (Wildman–Crippen MR) is 113 cm³/mol. The highest BCUT2D eigenvalue weighted by atomic mass is 16.5. The Morgan fingerprint density at radius 2 is 2.16 bits per heavy atom. The fourth-order valence-electron chi connectivity index (χ4n) is 6.95. The number of benzene rings is 1. The summed E-state index contributed by atoms with van der Waals surface area (Å²) < 4.78 is 12.1. The summed E-state index contributed by atoms with van der Waals surface area (Å²) >= 11 is 0. The molecule has 0 unspecified atom stereocenters. The van der Waals surface area contributed by atoms with Gasteiger partial charge >= 0.3 is 11.9 Å². The van der Waals surface area contributed by atoms with Crippen LogP contribution in [-0.2, 0) is 21.4 Å². The van der Waals surface area contributed by atoms with Crippen molar-refractivity contribution in [3.8, 4) is 17.2 Å². The van der Waals surface area contributed by atoms with Gasteiger partial charge in [0, 0.05) is 41.1 Å². The second kappa shape index (κ2) is 7.52. The van der Waals surface area contributed by atoms with Gasteiger partial charge < -0.3 is 29.7 Å². The minimum absolute atomic E-state index is 0.00689. The molecule has 174 valence electrons. The number of phenolic OH excluding ortho intramolecular Hbond substituents is 1. The highest BCUT2D eigenvalue weighted by molar-refractivity contribution is 5.75. The SMILES string of the molecule is COc1cc(O)c2c3c1C[C@@H]1[C@@H]4CC[C@H](N[C@@H](CCC(=O)O)C(=O)O)[C@H](O2)[C@]34CCN1C. The standard InChI is InChI=1S/C23H30N2O7/c1-25-8-7-23-12-3-4-13(24-14(22(29)30)5-6-18(27)28)21(23)32-20-16(26)10-17(31-2)11(19(20)23)9-15(12)25/h10,12-15,21,24,26H,3-9H2,1-2H3,(H,27,28)(H,29,30)/t12-,13-,14-,15+,21-,23-/m0/s1. The molecule has 5 rings (SSSR count). The highest BCUT2D eigenvalue weighted by Crippen LogP contribution is 2.65. The lowest BCUT2D eigenvalue weighted by atomic mass is 9.51. The van der Waals surface area contributed by atoms with Crippen molar-refractivity contribution in [1.29, 1.82) is 0 Å². The summed E-state index contributed by atoms with van der Waals surface area (Å²) in [5.41, 5.74) is 1.80. The van der Waals surface area contributed by atoms with Gasteiger partial charge in [0.2, 0.25) is 0 Å². The number of rotatable bonds is 7. The lowest BCUT2D eigenvalue weighted by molar-refractivity contribution is -0.141. The van der Waals surface area contributed by atoms with Crippen LogP contribution in [0, 0.1) is 5.92 Å². The van der Waals surface area contributed by atoms with Crippen molar-refractivity contribution in [3.63, 3.8) is 0 Å². The van der Waals surface area contributed by atoms with Crippen LogP contribution in [0.2, 0.25) is 0 Å². The topological polar surface area (TPSA) is 129 Å². The van der Waals surface area contributed by atoms with Crippen LogP contribution in [0.3, 0.4) is 0 Å². The quantitative estimate of drug-likeness (QED) is 0.490. The van der Waals surface area contributed by atoms with Crippen molar-refractivity contribution in [2.75, 3.05) is 20.7 Å². The van der Waals surface area contributed by atoms with E-state index in [2.05, 4.69) is 17.3 Å². The molecule has 2 fully saturated rings. The van der Waals surface area contributed by atoms with Gasteiger partial charge in [-0.05, 0) is 51.6 Å². The van der Waals surface area contributed by atoms with Crippen molar-refractivity contribution in [1.82, 2.24) is 10.2 Å². The molecule has 2 heterocycles. The molecule has 6 atom stereocenters. The van der Waals surface area contributed by atoms with Crippen LogP contribution >= 0.6 is 0 Å². The van der Waals surface area contributed by atoms with E-state index in [1.807, 2.05) is 0 Å². The summed E-state index contributed by atoms with van der Waals surface area (Å²) in [7, 11) is 3.76. The number of carbonyl (C=O) groups is 2. The first-order valence-electron chi connectivity index (χ1n) is 11.3. The van der Waals surface area contributed by atoms with Crippen LogP contribution < -0.4 is 14.8 Å². The molecule has 0 radical (unpaired) electrons. The van der Waals surface area contributed by atoms with E-state index < -0.39 is 18.0 Å². The number of likely N-dealkylation sites (N-methyl/N-ethyl adjacent to an activating group) is 1. The molecule has 2 aliphatic carbocycles. The zero-order valence-corrected chi connectivity index (χ0v) is 18.3. The Balaban J connectivity index is 1.56. The first kappa shape index (κ1) is 21.3. The van der Waals surface area contributed by atoms with Gasteiger partial charge in [0.05, 0.1) is 7.11 Å². The van der Waals surface area contributed by atoms with Gasteiger partial charge in [-0.2, -0.15) is 0 Å². The minimum atomic E-state index is -1.06. The molecular weight excluding hydrogens is 416 g/mol. The van der Waals surface area contributed by atoms with Gasteiger partial charge in [-0.15, -0.1) is 0 Å². The van der Waals surface area contributed by atoms with Crippen LogP contribution in [0.4, 0.5) is 0 Å². The Labute approximate surface area is 186 Å². The summed E-state index contributed by atoms with van der Waals surface area (Å²) in [6.07, 6.45) is 2.80. The summed E-state index contributed by atoms with van der Waals surface area (Å²) in [5.74, 6) is -0.506. The van der Waals surface area contributed by atoms with Crippen molar-refractivity contribution >= 4 is 11.9 Å². The number of carboxylic acid groups (broad SMARTS) is 2. The average molecular weight is 447 g/mol. The first-order chi connectivity index (χ1) is 15.3. The van der Waals surface area contributed by atoms with E-state index in [1.54, 1.807) is 13.2 Å². The molecule has 1 spiro atoms. The molecule has 2 aliphatic heterocycles. The summed E-state index contributed by atoms with van der Waals surface area (Å²) in [6, 6.07) is 0.724. The molecule has 9 nitrogen and oxygen atoms in total. The van der Waals surface area contributed by atoms with Crippen LogP contribution in [-0.4, -0.2) is 77.1 Å².